The van der Waals surface area contributed by atoms with Crippen molar-refractivity contribution in [3.8, 4) is 0 Å². The Labute approximate surface area is 93.2 Å². The fourth-order valence-corrected chi connectivity index (χ4v) is 1.61. The molecular formula is C10H16FNO4. The average molecular weight is 233 g/mol. The van der Waals surface area contributed by atoms with Crippen LogP contribution in [0.4, 0.5) is 9.18 Å². The van der Waals surface area contributed by atoms with Gasteiger partial charge in [0, 0.05) is 6.42 Å². The second kappa shape index (κ2) is 5.67. The van der Waals surface area contributed by atoms with Gasteiger partial charge in [0.1, 0.15) is 12.2 Å². The quantitative estimate of drug-likeness (QED) is 0.746. The molecule has 16 heavy (non-hydrogen) atoms. The predicted octanol–water partition coefficient (Wildman–Crippen LogP) is 1.42. The zero-order chi connectivity index (χ0) is 12.1. The minimum absolute atomic E-state index is 0.155. The van der Waals surface area contributed by atoms with E-state index >= 15 is 0 Å². The number of nitrogens with zero attached hydrogens (tertiary/aromatic N) is 1. The van der Waals surface area contributed by atoms with Crippen LogP contribution in [0.15, 0.2) is 0 Å². The number of likely N-dealkylation sites (tertiary alicyclic amines) is 1. The second-order valence-corrected chi connectivity index (χ2v) is 3.81. The van der Waals surface area contributed by atoms with Gasteiger partial charge >= 0.3 is 12.1 Å². The second-order valence-electron chi connectivity index (χ2n) is 3.81. The van der Waals surface area contributed by atoms with Crippen molar-refractivity contribution in [2.75, 3.05) is 13.2 Å². The molecule has 0 aromatic rings. The van der Waals surface area contributed by atoms with Gasteiger partial charge in [-0.05, 0) is 6.42 Å². The Hall–Kier alpha value is -1.33. The zero-order valence-corrected chi connectivity index (χ0v) is 9.19. The van der Waals surface area contributed by atoms with Crippen LogP contribution in [0.5, 0.6) is 0 Å². The third-order valence-electron chi connectivity index (χ3n) is 2.49. The highest BCUT2D eigenvalue weighted by molar-refractivity contribution is 5.80. The standard InChI is InChI=1S/C10H16FNO4/c1-2-3-4-16-10(15)12-6-7(11)5-8(12)9(13)14/h7-8H,2-6H2,1H3,(H,13,14). The number of carboxylic acids is 1. The van der Waals surface area contributed by atoms with E-state index in [-0.39, 0.29) is 19.6 Å². The largest absolute Gasteiger partial charge is 0.480 e. The Morgan fingerprint density at radius 1 is 1.56 bits per heavy atom. The van der Waals surface area contributed by atoms with E-state index in [1.807, 2.05) is 6.92 Å². The SMILES string of the molecule is CCCCOC(=O)N1CC(F)CC1C(=O)O. The summed E-state index contributed by atoms with van der Waals surface area (Å²) < 4.78 is 17.9. The summed E-state index contributed by atoms with van der Waals surface area (Å²) in [6.45, 7) is 2.00. The maximum Gasteiger partial charge on any atom is 0.410 e. The molecule has 1 saturated heterocycles. The first-order valence-electron chi connectivity index (χ1n) is 5.36. The normalized spacial score (nSPS) is 24.5. The number of hydrogen-bond donors (Lipinski definition) is 1. The maximum absolute atomic E-state index is 13.0. The molecule has 1 fully saturated rings. The minimum Gasteiger partial charge on any atom is -0.480 e. The highest BCUT2D eigenvalue weighted by atomic mass is 19.1. The van der Waals surface area contributed by atoms with Gasteiger partial charge in [0.25, 0.3) is 0 Å². The number of amides is 1. The van der Waals surface area contributed by atoms with Crippen molar-refractivity contribution < 1.29 is 23.8 Å². The molecule has 1 heterocycles. The van der Waals surface area contributed by atoms with Gasteiger partial charge in [-0.2, -0.15) is 0 Å². The topological polar surface area (TPSA) is 66.8 Å². The molecule has 0 bridgehead atoms. The Morgan fingerprint density at radius 2 is 2.25 bits per heavy atom. The van der Waals surface area contributed by atoms with Crippen LogP contribution in [0, 0.1) is 0 Å². The number of alkyl halides is 1. The lowest BCUT2D eigenvalue weighted by atomic mass is 10.2. The summed E-state index contributed by atoms with van der Waals surface area (Å²) in [6, 6.07) is -1.09. The molecule has 0 aromatic carbocycles. The van der Waals surface area contributed by atoms with Crippen LogP contribution in [0.3, 0.4) is 0 Å². The Morgan fingerprint density at radius 3 is 2.81 bits per heavy atom. The summed E-state index contributed by atoms with van der Waals surface area (Å²) >= 11 is 0. The highest BCUT2D eigenvalue weighted by Gasteiger charge is 2.40. The zero-order valence-electron chi connectivity index (χ0n) is 9.19. The number of carboxylic acid groups (broad SMARTS) is 1. The summed E-state index contributed by atoms with van der Waals surface area (Å²) in [4.78, 5) is 23.2. The summed E-state index contributed by atoms with van der Waals surface area (Å²) in [5.41, 5.74) is 0. The van der Waals surface area contributed by atoms with Crippen molar-refractivity contribution in [1.82, 2.24) is 4.90 Å². The highest BCUT2D eigenvalue weighted by Crippen LogP contribution is 2.21. The first-order valence-corrected chi connectivity index (χ1v) is 5.36. The Kier molecular flexibility index (Phi) is 4.52. The van der Waals surface area contributed by atoms with Gasteiger partial charge in [0.05, 0.1) is 13.2 Å². The summed E-state index contributed by atoms with van der Waals surface area (Å²) in [5, 5.41) is 8.81. The molecule has 1 aliphatic rings. The minimum atomic E-state index is -1.28. The molecule has 1 aliphatic heterocycles. The Balaban J connectivity index is 2.50. The van der Waals surface area contributed by atoms with E-state index in [9.17, 15) is 14.0 Å². The fourth-order valence-electron chi connectivity index (χ4n) is 1.61. The number of carbonyl (C=O) groups is 2. The van der Waals surface area contributed by atoms with Gasteiger partial charge in [-0.15, -0.1) is 0 Å². The molecule has 2 atom stereocenters. The summed E-state index contributed by atoms with van der Waals surface area (Å²) in [5.74, 6) is -1.19. The number of unbranched alkanes of at least 4 members (excludes halogenated alkanes) is 1. The number of halogens is 1. The van der Waals surface area contributed by atoms with Crippen LogP contribution in [-0.4, -0.2) is 47.4 Å². The Bertz CT molecular complexity index is 272. The van der Waals surface area contributed by atoms with Crippen LogP contribution >= 0.6 is 0 Å². The van der Waals surface area contributed by atoms with Crippen LogP contribution < -0.4 is 0 Å². The van der Waals surface area contributed by atoms with Gasteiger partial charge in [0.15, 0.2) is 0 Å². The fraction of sp³-hybridized carbons (Fsp3) is 0.800. The molecule has 1 amide bonds. The molecule has 0 radical (unpaired) electrons. The third kappa shape index (κ3) is 3.08. The van der Waals surface area contributed by atoms with Crippen molar-refractivity contribution in [3.63, 3.8) is 0 Å². The summed E-state index contributed by atoms with van der Waals surface area (Å²) in [6.07, 6.45) is -0.573. The van der Waals surface area contributed by atoms with Crippen molar-refractivity contribution in [1.29, 1.82) is 0 Å². The number of aliphatic carboxylic acids is 1. The molecule has 0 saturated carbocycles. The molecule has 1 rings (SSSR count). The van der Waals surface area contributed by atoms with Crippen LogP contribution in [0.1, 0.15) is 26.2 Å². The van der Waals surface area contributed by atoms with Crippen LogP contribution in [0.2, 0.25) is 0 Å². The molecule has 6 heteroatoms. The number of ether oxygens (including phenoxy) is 1. The molecule has 1 N–H and O–H groups in total. The molecule has 2 unspecified atom stereocenters. The van der Waals surface area contributed by atoms with Crippen LogP contribution in [0.25, 0.3) is 0 Å². The number of carbonyl (C=O) groups excluding carboxylic acids is 1. The monoisotopic (exact) mass is 233 g/mol. The molecule has 0 aliphatic carbocycles. The van der Waals surface area contributed by atoms with E-state index in [1.165, 1.54) is 0 Å². The molecule has 92 valence electrons. The molecule has 5 nitrogen and oxygen atoms in total. The molecule has 0 aromatic heterocycles. The van der Waals surface area contributed by atoms with E-state index < -0.39 is 24.3 Å². The van der Waals surface area contributed by atoms with Crippen molar-refractivity contribution in [3.05, 3.63) is 0 Å². The number of rotatable bonds is 4. The lowest BCUT2D eigenvalue weighted by molar-refractivity contribution is -0.141. The van der Waals surface area contributed by atoms with Crippen molar-refractivity contribution >= 4 is 12.1 Å². The van der Waals surface area contributed by atoms with Gasteiger partial charge in [-0.25, -0.2) is 14.0 Å². The lowest BCUT2D eigenvalue weighted by Crippen LogP contribution is -2.40. The van der Waals surface area contributed by atoms with Gasteiger partial charge in [0.2, 0.25) is 0 Å². The number of hydrogen-bond acceptors (Lipinski definition) is 3. The van der Waals surface area contributed by atoms with E-state index in [4.69, 9.17) is 9.84 Å². The van der Waals surface area contributed by atoms with Crippen LogP contribution in [-0.2, 0) is 9.53 Å². The predicted molar refractivity (Wildman–Crippen MR) is 53.9 cm³/mol. The first-order chi connectivity index (χ1) is 7.56. The smallest absolute Gasteiger partial charge is 0.410 e. The van der Waals surface area contributed by atoms with Gasteiger partial charge in [-0.3, -0.25) is 4.90 Å². The molecular weight excluding hydrogens is 217 g/mol. The summed E-state index contributed by atoms with van der Waals surface area (Å²) in [7, 11) is 0. The first kappa shape index (κ1) is 12.7. The maximum atomic E-state index is 13.0. The van der Waals surface area contributed by atoms with Gasteiger partial charge in [-0.1, -0.05) is 13.3 Å². The van der Waals surface area contributed by atoms with Gasteiger partial charge < -0.3 is 9.84 Å². The van der Waals surface area contributed by atoms with E-state index in [1.54, 1.807) is 0 Å². The van der Waals surface area contributed by atoms with E-state index in [2.05, 4.69) is 0 Å². The van der Waals surface area contributed by atoms with E-state index in [0.29, 0.717) is 0 Å². The van der Waals surface area contributed by atoms with Crippen molar-refractivity contribution in [2.24, 2.45) is 0 Å². The third-order valence-corrected chi connectivity index (χ3v) is 2.49. The van der Waals surface area contributed by atoms with Crippen molar-refractivity contribution in [2.45, 2.75) is 38.4 Å². The molecule has 0 spiro atoms. The van der Waals surface area contributed by atoms with E-state index in [0.717, 1.165) is 17.7 Å². The average Bonchev–Trinajstić information content (AvgIpc) is 2.61. The lowest BCUT2D eigenvalue weighted by Gasteiger charge is -2.20.